The molecule has 0 radical (unpaired) electrons. The van der Waals surface area contributed by atoms with Gasteiger partial charge in [-0.15, -0.1) is 0 Å². The van der Waals surface area contributed by atoms with Gasteiger partial charge < -0.3 is 10.4 Å². The second-order valence-corrected chi connectivity index (χ2v) is 5.06. The highest BCUT2D eigenvalue weighted by Crippen LogP contribution is 2.34. The number of nitriles is 1. The third-order valence-corrected chi connectivity index (χ3v) is 3.60. The van der Waals surface area contributed by atoms with E-state index in [0.717, 1.165) is 12.1 Å². The Kier molecular flexibility index (Phi) is 4.07. The molecule has 0 aromatic heterocycles. The van der Waals surface area contributed by atoms with Crippen molar-refractivity contribution in [3.63, 3.8) is 0 Å². The number of anilines is 1. The van der Waals surface area contributed by atoms with Crippen molar-refractivity contribution < 1.29 is 23.1 Å². The fourth-order valence-electron chi connectivity index (χ4n) is 2.55. The number of hydrogen-bond acceptors (Lipinski definition) is 3. The zero-order chi connectivity index (χ0) is 15.6. The quantitative estimate of drug-likeness (QED) is 0.898. The van der Waals surface area contributed by atoms with Crippen LogP contribution >= 0.6 is 0 Å². The van der Waals surface area contributed by atoms with Crippen LogP contribution in [-0.4, -0.2) is 17.1 Å². The van der Waals surface area contributed by atoms with Crippen LogP contribution in [0.1, 0.15) is 30.4 Å². The minimum Gasteiger partial charge on any atom is -0.481 e. The summed E-state index contributed by atoms with van der Waals surface area (Å²) in [6, 6.07) is 4.71. The summed E-state index contributed by atoms with van der Waals surface area (Å²) in [6.07, 6.45) is -2.96. The number of alkyl halides is 3. The summed E-state index contributed by atoms with van der Waals surface area (Å²) < 4.78 is 38.0. The van der Waals surface area contributed by atoms with Gasteiger partial charge in [0.05, 0.1) is 23.1 Å². The molecule has 2 rings (SSSR count). The summed E-state index contributed by atoms with van der Waals surface area (Å²) in [6.45, 7) is 0. The van der Waals surface area contributed by atoms with E-state index in [-0.39, 0.29) is 6.04 Å². The molecule has 1 saturated carbocycles. The summed E-state index contributed by atoms with van der Waals surface area (Å²) in [5.41, 5.74) is -1.01. The minimum absolute atomic E-state index is 0.102. The number of hydrogen-bond donors (Lipinski definition) is 2. The van der Waals surface area contributed by atoms with Crippen LogP contribution in [0.3, 0.4) is 0 Å². The van der Waals surface area contributed by atoms with Crippen molar-refractivity contribution in [2.75, 3.05) is 5.32 Å². The van der Waals surface area contributed by atoms with Crippen molar-refractivity contribution in [1.29, 1.82) is 5.26 Å². The van der Waals surface area contributed by atoms with Gasteiger partial charge in [-0.1, -0.05) is 0 Å². The van der Waals surface area contributed by atoms with Gasteiger partial charge in [-0.25, -0.2) is 0 Å². The van der Waals surface area contributed by atoms with E-state index in [1.54, 1.807) is 6.07 Å². The molecule has 1 aromatic carbocycles. The van der Waals surface area contributed by atoms with Crippen LogP contribution in [0.5, 0.6) is 0 Å². The molecule has 2 N–H and O–H groups in total. The lowest BCUT2D eigenvalue weighted by molar-refractivity contribution is -0.141. The van der Waals surface area contributed by atoms with Crippen molar-refractivity contribution >= 4 is 11.7 Å². The number of aliphatic carboxylic acids is 1. The van der Waals surface area contributed by atoms with Crippen LogP contribution in [0, 0.1) is 17.2 Å². The summed E-state index contributed by atoms with van der Waals surface area (Å²) in [5, 5.41) is 20.7. The van der Waals surface area contributed by atoms with Crippen LogP contribution in [-0.2, 0) is 11.0 Å². The Hall–Kier alpha value is -2.23. The van der Waals surface area contributed by atoms with Gasteiger partial charge in [-0.3, -0.25) is 4.79 Å². The molecule has 1 aromatic rings. The molecule has 0 heterocycles. The second kappa shape index (κ2) is 5.64. The molecule has 1 aliphatic rings. The first kappa shape index (κ1) is 15.2. The minimum atomic E-state index is -4.56. The smallest absolute Gasteiger partial charge is 0.417 e. The Labute approximate surface area is 119 Å². The molecule has 112 valence electrons. The maximum absolute atomic E-state index is 12.7. The molecular formula is C14H13F3N2O2. The number of carboxylic acids is 1. The molecule has 0 spiro atoms. The lowest BCUT2D eigenvalue weighted by atomic mass is 10.1. The van der Waals surface area contributed by atoms with Gasteiger partial charge in [0.2, 0.25) is 0 Å². The molecule has 0 unspecified atom stereocenters. The number of carboxylic acid groups (broad SMARTS) is 1. The Morgan fingerprint density at radius 2 is 2.10 bits per heavy atom. The highest BCUT2D eigenvalue weighted by atomic mass is 19.4. The van der Waals surface area contributed by atoms with Crippen LogP contribution in [0.2, 0.25) is 0 Å². The highest BCUT2D eigenvalue weighted by molar-refractivity contribution is 5.70. The number of benzene rings is 1. The van der Waals surface area contributed by atoms with Gasteiger partial charge in [0, 0.05) is 11.7 Å². The van der Waals surface area contributed by atoms with E-state index in [1.807, 2.05) is 0 Å². The molecule has 2 atom stereocenters. The number of rotatable bonds is 3. The Morgan fingerprint density at radius 3 is 2.62 bits per heavy atom. The molecular weight excluding hydrogens is 285 g/mol. The van der Waals surface area contributed by atoms with Crippen molar-refractivity contribution in [3.05, 3.63) is 29.3 Å². The Balaban J connectivity index is 2.13. The van der Waals surface area contributed by atoms with Crippen molar-refractivity contribution in [3.8, 4) is 6.07 Å². The zero-order valence-corrected chi connectivity index (χ0v) is 10.9. The van der Waals surface area contributed by atoms with Gasteiger partial charge in [0.1, 0.15) is 0 Å². The summed E-state index contributed by atoms with van der Waals surface area (Å²) in [4.78, 5) is 10.9. The van der Waals surface area contributed by atoms with Gasteiger partial charge in [0.25, 0.3) is 0 Å². The van der Waals surface area contributed by atoms with Crippen molar-refractivity contribution in [2.24, 2.45) is 5.92 Å². The van der Waals surface area contributed by atoms with Crippen molar-refractivity contribution in [1.82, 2.24) is 0 Å². The van der Waals surface area contributed by atoms with Crippen LogP contribution in [0.25, 0.3) is 0 Å². The number of carbonyl (C=O) groups is 1. The Bertz CT molecular complexity index is 593. The lowest BCUT2D eigenvalue weighted by Crippen LogP contribution is -2.18. The molecule has 7 heteroatoms. The standard InChI is InChI=1S/C14H13F3N2O2/c15-14(16,17)12-4-3-11(6-9(12)7-18)19-10-2-1-8(5-10)13(20)21/h3-4,6,8,10,19H,1-2,5H2,(H,20,21)/t8-,10+/m1/s1. The second-order valence-electron chi connectivity index (χ2n) is 5.06. The number of halogens is 3. The average molecular weight is 298 g/mol. The molecule has 0 saturated heterocycles. The fourth-order valence-corrected chi connectivity index (χ4v) is 2.55. The number of nitrogens with one attached hydrogen (secondary N) is 1. The predicted molar refractivity (Wildman–Crippen MR) is 68.5 cm³/mol. The fraction of sp³-hybridized carbons (Fsp3) is 0.429. The summed E-state index contributed by atoms with van der Waals surface area (Å²) in [7, 11) is 0. The molecule has 0 bridgehead atoms. The van der Waals surface area contributed by atoms with Crippen LogP contribution < -0.4 is 5.32 Å². The highest BCUT2D eigenvalue weighted by Gasteiger charge is 2.34. The van der Waals surface area contributed by atoms with E-state index < -0.39 is 29.2 Å². The Morgan fingerprint density at radius 1 is 1.38 bits per heavy atom. The zero-order valence-electron chi connectivity index (χ0n) is 10.9. The molecule has 21 heavy (non-hydrogen) atoms. The van der Waals surface area contributed by atoms with Gasteiger partial charge in [0.15, 0.2) is 0 Å². The maximum Gasteiger partial charge on any atom is 0.417 e. The molecule has 0 aliphatic heterocycles. The van der Waals surface area contributed by atoms with Gasteiger partial charge in [-0.05, 0) is 37.5 Å². The maximum atomic E-state index is 12.7. The molecule has 0 amide bonds. The van der Waals surface area contributed by atoms with Crippen LogP contribution in [0.15, 0.2) is 18.2 Å². The third-order valence-electron chi connectivity index (χ3n) is 3.60. The predicted octanol–water partition coefficient (Wildman–Crippen LogP) is 3.24. The van der Waals surface area contributed by atoms with Crippen LogP contribution in [0.4, 0.5) is 18.9 Å². The van der Waals surface area contributed by atoms with Crippen molar-refractivity contribution in [2.45, 2.75) is 31.5 Å². The van der Waals surface area contributed by atoms with E-state index >= 15 is 0 Å². The van der Waals surface area contributed by atoms with E-state index in [9.17, 15) is 18.0 Å². The lowest BCUT2D eigenvalue weighted by Gasteiger charge is -2.16. The van der Waals surface area contributed by atoms with E-state index in [1.165, 1.54) is 6.07 Å². The first-order valence-electron chi connectivity index (χ1n) is 6.42. The average Bonchev–Trinajstić information content (AvgIpc) is 2.86. The number of nitrogens with zero attached hydrogens (tertiary/aromatic N) is 1. The first-order valence-corrected chi connectivity index (χ1v) is 6.42. The van der Waals surface area contributed by atoms with E-state index in [4.69, 9.17) is 10.4 Å². The first-order chi connectivity index (χ1) is 9.81. The summed E-state index contributed by atoms with van der Waals surface area (Å²) in [5.74, 6) is -1.28. The topological polar surface area (TPSA) is 73.1 Å². The van der Waals surface area contributed by atoms with E-state index in [0.29, 0.717) is 24.9 Å². The largest absolute Gasteiger partial charge is 0.481 e. The van der Waals surface area contributed by atoms with Gasteiger partial charge in [-0.2, -0.15) is 18.4 Å². The van der Waals surface area contributed by atoms with Gasteiger partial charge >= 0.3 is 12.1 Å². The van der Waals surface area contributed by atoms with E-state index in [2.05, 4.69) is 5.32 Å². The molecule has 4 nitrogen and oxygen atoms in total. The monoisotopic (exact) mass is 298 g/mol. The molecule has 1 aliphatic carbocycles. The third kappa shape index (κ3) is 3.45. The SMILES string of the molecule is N#Cc1cc(N[C@H]2CC[C@@H](C(=O)O)C2)ccc1C(F)(F)F. The molecule has 1 fully saturated rings. The normalized spacial score (nSPS) is 21.8. The summed E-state index contributed by atoms with van der Waals surface area (Å²) >= 11 is 0.